The minimum absolute atomic E-state index is 0. The van der Waals surface area contributed by atoms with E-state index in [0.29, 0.717) is 0 Å². The summed E-state index contributed by atoms with van der Waals surface area (Å²) in [6, 6.07) is 84.6. The first kappa shape index (κ1) is 49.6. The molecular formula is C68H50Ir2N2-2. The summed E-state index contributed by atoms with van der Waals surface area (Å²) in [5.41, 5.74) is 27.6. The molecule has 9 aromatic carbocycles. The van der Waals surface area contributed by atoms with Gasteiger partial charge >= 0.3 is 0 Å². The van der Waals surface area contributed by atoms with E-state index in [0.717, 1.165) is 61.5 Å². The van der Waals surface area contributed by atoms with Crippen molar-refractivity contribution < 1.29 is 40.2 Å². The molecule has 0 amide bonds. The van der Waals surface area contributed by atoms with Gasteiger partial charge in [-0.3, -0.25) is 0 Å². The Balaban J connectivity index is 0.00000320. The van der Waals surface area contributed by atoms with Gasteiger partial charge in [0.25, 0.3) is 0 Å². The predicted molar refractivity (Wildman–Crippen MR) is 293 cm³/mol. The zero-order chi connectivity index (χ0) is 47.6. The monoisotopic (exact) mass is 1280 g/mol. The first-order valence-electron chi connectivity index (χ1n) is 24.0. The molecule has 0 N–H and O–H groups in total. The molecule has 72 heavy (non-hydrogen) atoms. The molecular weight excluding hydrogens is 1230 g/mol. The molecule has 2 nitrogen and oxygen atoms in total. The molecule has 0 aliphatic carbocycles. The van der Waals surface area contributed by atoms with Crippen LogP contribution in [-0.4, -0.2) is 9.97 Å². The van der Waals surface area contributed by atoms with E-state index >= 15 is 0 Å². The first-order valence-corrected chi connectivity index (χ1v) is 24.0. The van der Waals surface area contributed by atoms with E-state index in [-0.39, 0.29) is 40.2 Å². The molecule has 0 saturated carbocycles. The van der Waals surface area contributed by atoms with Gasteiger partial charge in [0.15, 0.2) is 0 Å². The van der Waals surface area contributed by atoms with Crippen molar-refractivity contribution in [3.63, 3.8) is 0 Å². The fraction of sp³-hybridized carbons (Fsp3) is 0.0588. The van der Waals surface area contributed by atoms with E-state index in [2.05, 4.69) is 240 Å². The Hall–Kier alpha value is -7.42. The smallest absolute Gasteiger partial charge is 0.0239 e. The van der Waals surface area contributed by atoms with Crippen molar-refractivity contribution >= 4 is 0 Å². The van der Waals surface area contributed by atoms with Crippen LogP contribution in [-0.2, 0) is 40.2 Å². The van der Waals surface area contributed by atoms with Crippen LogP contribution in [0, 0.1) is 39.8 Å². The zero-order valence-corrected chi connectivity index (χ0v) is 45.3. The summed E-state index contributed by atoms with van der Waals surface area (Å²) < 4.78 is 0. The van der Waals surface area contributed by atoms with Crippen LogP contribution >= 0.6 is 0 Å². The summed E-state index contributed by atoms with van der Waals surface area (Å²) in [5.74, 6) is 0. The van der Waals surface area contributed by atoms with Gasteiger partial charge in [0.1, 0.15) is 0 Å². The van der Waals surface area contributed by atoms with E-state index in [1.807, 2.05) is 30.6 Å². The van der Waals surface area contributed by atoms with Crippen LogP contribution in [0.15, 0.2) is 231 Å². The first-order chi connectivity index (χ1) is 34.4. The van der Waals surface area contributed by atoms with Crippen LogP contribution < -0.4 is 0 Å². The third kappa shape index (κ3) is 9.80. The van der Waals surface area contributed by atoms with Gasteiger partial charge in [-0.1, -0.05) is 187 Å². The maximum absolute atomic E-state index is 5.07. The molecule has 4 heteroatoms. The van der Waals surface area contributed by atoms with Crippen LogP contribution in [0.5, 0.6) is 0 Å². The summed E-state index contributed by atoms with van der Waals surface area (Å²) >= 11 is 0. The SMILES string of the molecule is Cc1c(C)c(-c2ccccc2-c2c[c-]c(-c3ccccn3)cc2-c2cccc(-c3ccccc3)c2)c(C)c(C)c1-c1ccccc1-c1ccc(-c2[c-]ccc(-c3cccc(-c4ccccc4)c3)c2)nc1.[Ir].[Ir]. The largest absolute Gasteiger partial charge is 0.305 e. The Morgan fingerprint density at radius 3 is 1.36 bits per heavy atom. The summed E-state index contributed by atoms with van der Waals surface area (Å²) in [7, 11) is 0. The maximum Gasteiger partial charge on any atom is 0.0239 e. The van der Waals surface area contributed by atoms with Crippen LogP contribution in [0.25, 0.3) is 112 Å². The van der Waals surface area contributed by atoms with E-state index < -0.39 is 0 Å². The molecule has 2 heterocycles. The number of pyridine rings is 2. The Morgan fingerprint density at radius 1 is 0.306 bits per heavy atom. The van der Waals surface area contributed by atoms with Gasteiger partial charge in [0.2, 0.25) is 0 Å². The molecule has 11 rings (SSSR count). The van der Waals surface area contributed by atoms with Crippen molar-refractivity contribution in [2.24, 2.45) is 0 Å². The van der Waals surface area contributed by atoms with Crippen LogP contribution in [0.1, 0.15) is 22.3 Å². The van der Waals surface area contributed by atoms with Crippen molar-refractivity contribution in [3.8, 4) is 112 Å². The third-order valence-corrected chi connectivity index (χ3v) is 13.9. The van der Waals surface area contributed by atoms with Gasteiger partial charge in [-0.05, 0) is 146 Å². The molecule has 0 atom stereocenters. The van der Waals surface area contributed by atoms with Gasteiger partial charge in [-0.2, -0.15) is 0 Å². The molecule has 0 bridgehead atoms. The van der Waals surface area contributed by atoms with Crippen molar-refractivity contribution in [3.05, 3.63) is 265 Å². The van der Waals surface area contributed by atoms with Gasteiger partial charge in [0.05, 0.1) is 0 Å². The van der Waals surface area contributed by atoms with Crippen molar-refractivity contribution in [2.75, 3.05) is 0 Å². The molecule has 0 aliphatic rings. The van der Waals surface area contributed by atoms with E-state index in [4.69, 9.17) is 9.97 Å². The number of benzene rings is 9. The summed E-state index contributed by atoms with van der Waals surface area (Å²) in [4.78, 5) is 9.79. The zero-order valence-electron chi connectivity index (χ0n) is 40.5. The topological polar surface area (TPSA) is 25.8 Å². The Bertz CT molecular complexity index is 3650. The van der Waals surface area contributed by atoms with Gasteiger partial charge in [-0.25, -0.2) is 0 Å². The minimum Gasteiger partial charge on any atom is -0.305 e. The van der Waals surface area contributed by atoms with Gasteiger partial charge in [0, 0.05) is 52.6 Å². The molecule has 0 spiro atoms. The van der Waals surface area contributed by atoms with E-state index in [9.17, 15) is 0 Å². The van der Waals surface area contributed by atoms with Crippen LogP contribution in [0.2, 0.25) is 0 Å². The second kappa shape index (κ2) is 21.9. The Morgan fingerprint density at radius 2 is 0.778 bits per heavy atom. The normalized spacial score (nSPS) is 10.8. The van der Waals surface area contributed by atoms with E-state index in [1.165, 1.54) is 72.3 Å². The standard InChI is InChI=1S/C68H50N2.2Ir/c1-45-47(3)68(63-33-14-12-31-60(63)61-37-35-57(65-34-15-16-39-69-65)43-64(61)55-28-18-25-52(41-55)50-22-9-6-10-23-50)48(4)46(2)67(45)62-32-13-11-30-59(62)58-36-38-66(70-44-58)56-29-19-27-54(42-56)53-26-17-24-51(40-53)49-20-7-5-8-21-49;;/h5-28,30-34,36-44H,1-4H3;;/q-2;;. The number of nitrogens with zero attached hydrogens (tertiary/aromatic N) is 2. The average Bonchev–Trinajstić information content (AvgIpc) is 3.43. The molecule has 0 fully saturated rings. The quantitative estimate of drug-likeness (QED) is 0.128. The number of hydrogen-bond acceptors (Lipinski definition) is 2. The molecule has 0 saturated heterocycles. The van der Waals surface area contributed by atoms with Crippen molar-refractivity contribution in [1.29, 1.82) is 0 Å². The number of hydrogen-bond donors (Lipinski definition) is 0. The fourth-order valence-corrected chi connectivity index (χ4v) is 10.1. The summed E-state index contributed by atoms with van der Waals surface area (Å²) in [6.07, 6.45) is 3.86. The van der Waals surface area contributed by atoms with Crippen LogP contribution in [0.4, 0.5) is 0 Å². The number of aromatic nitrogens is 2. The number of rotatable bonds is 10. The molecule has 2 radical (unpaired) electrons. The summed E-state index contributed by atoms with van der Waals surface area (Å²) in [5, 5.41) is 0. The molecule has 352 valence electrons. The molecule has 2 aromatic heterocycles. The molecule has 0 unspecified atom stereocenters. The third-order valence-electron chi connectivity index (χ3n) is 13.9. The maximum atomic E-state index is 5.07. The fourth-order valence-electron chi connectivity index (χ4n) is 10.1. The minimum atomic E-state index is 0. The second-order valence-corrected chi connectivity index (χ2v) is 18.0. The second-order valence-electron chi connectivity index (χ2n) is 18.0. The summed E-state index contributed by atoms with van der Waals surface area (Å²) in [6.45, 7) is 9.16. The van der Waals surface area contributed by atoms with Crippen LogP contribution in [0.3, 0.4) is 0 Å². The van der Waals surface area contributed by atoms with Gasteiger partial charge in [-0.15, -0.1) is 59.2 Å². The molecule has 11 aromatic rings. The van der Waals surface area contributed by atoms with Gasteiger partial charge < -0.3 is 9.97 Å². The molecule has 0 aliphatic heterocycles. The van der Waals surface area contributed by atoms with Crippen molar-refractivity contribution in [1.82, 2.24) is 9.97 Å². The van der Waals surface area contributed by atoms with Crippen molar-refractivity contribution in [2.45, 2.75) is 27.7 Å². The van der Waals surface area contributed by atoms with E-state index in [1.54, 1.807) is 0 Å². The predicted octanol–water partition coefficient (Wildman–Crippen LogP) is 18.0. The Labute approximate surface area is 451 Å². The Kier molecular flexibility index (Phi) is 15.1. The average molecular weight is 1280 g/mol.